The van der Waals surface area contributed by atoms with Crippen LogP contribution in [0.3, 0.4) is 0 Å². The zero-order valence-electron chi connectivity index (χ0n) is 18.0. The first kappa shape index (κ1) is 21.4. The molecule has 32 heavy (non-hydrogen) atoms. The van der Waals surface area contributed by atoms with E-state index in [4.69, 9.17) is 0 Å². The van der Waals surface area contributed by atoms with E-state index >= 15 is 0 Å². The van der Waals surface area contributed by atoms with E-state index in [1.807, 2.05) is 28.9 Å². The van der Waals surface area contributed by atoms with Crippen LogP contribution in [0.4, 0.5) is 0 Å². The van der Waals surface area contributed by atoms with Crippen LogP contribution in [0, 0.1) is 5.92 Å². The van der Waals surface area contributed by atoms with Crippen molar-refractivity contribution in [2.75, 3.05) is 0 Å². The molecule has 0 aliphatic carbocycles. The van der Waals surface area contributed by atoms with E-state index in [0.717, 1.165) is 34.5 Å². The minimum atomic E-state index is -0.786. The van der Waals surface area contributed by atoms with Crippen LogP contribution in [0.15, 0.2) is 54.9 Å². The minimum Gasteiger partial charge on any atom is -0.481 e. The van der Waals surface area contributed by atoms with Gasteiger partial charge in [0.1, 0.15) is 12.2 Å². The Hall–Kier alpha value is -3.88. The second kappa shape index (κ2) is 9.51. The van der Waals surface area contributed by atoms with Crippen molar-refractivity contribution >= 4 is 5.97 Å². The third-order valence-electron chi connectivity index (χ3n) is 5.69. The average Bonchev–Trinajstić information content (AvgIpc) is 3.50. The summed E-state index contributed by atoms with van der Waals surface area (Å²) in [6.45, 7) is 4.35. The van der Waals surface area contributed by atoms with Gasteiger partial charge in [0.25, 0.3) is 0 Å². The predicted molar refractivity (Wildman–Crippen MR) is 119 cm³/mol. The van der Waals surface area contributed by atoms with E-state index in [2.05, 4.69) is 61.9 Å². The van der Waals surface area contributed by atoms with Crippen molar-refractivity contribution in [1.82, 2.24) is 35.4 Å². The number of nitrogens with one attached hydrogen (secondary N) is 1. The highest BCUT2D eigenvalue weighted by Gasteiger charge is 2.22. The summed E-state index contributed by atoms with van der Waals surface area (Å²) in [6, 6.07) is 16.2. The van der Waals surface area contributed by atoms with Crippen LogP contribution in [0.1, 0.15) is 44.0 Å². The topological polar surface area (TPSA) is 122 Å². The van der Waals surface area contributed by atoms with Gasteiger partial charge >= 0.3 is 5.97 Å². The molecular weight excluding hydrogens is 406 g/mol. The van der Waals surface area contributed by atoms with Crippen molar-refractivity contribution in [1.29, 1.82) is 0 Å². The first-order valence-electron chi connectivity index (χ1n) is 10.6. The van der Waals surface area contributed by atoms with Gasteiger partial charge in [-0.1, -0.05) is 62.4 Å². The number of H-pyrrole nitrogens is 1. The normalized spacial score (nSPS) is 13.1. The minimum absolute atomic E-state index is 0.0465. The number of tetrazole rings is 1. The van der Waals surface area contributed by atoms with E-state index < -0.39 is 11.9 Å². The smallest absolute Gasteiger partial charge is 0.306 e. The van der Waals surface area contributed by atoms with Crippen molar-refractivity contribution in [3.05, 3.63) is 66.2 Å². The number of aromatic amines is 1. The molecule has 9 nitrogen and oxygen atoms in total. The number of carboxylic acids is 1. The van der Waals surface area contributed by atoms with Crippen molar-refractivity contribution in [2.45, 2.75) is 39.2 Å². The molecule has 0 spiro atoms. The van der Waals surface area contributed by atoms with Crippen molar-refractivity contribution in [2.24, 2.45) is 5.92 Å². The Morgan fingerprint density at radius 2 is 1.88 bits per heavy atom. The summed E-state index contributed by atoms with van der Waals surface area (Å²) in [5, 5.41) is 27.9. The summed E-state index contributed by atoms with van der Waals surface area (Å²) in [5.41, 5.74) is 4.11. The molecule has 2 aromatic heterocycles. The summed E-state index contributed by atoms with van der Waals surface area (Å²) in [5.74, 6) is 0.284. The highest BCUT2D eigenvalue weighted by atomic mass is 16.4. The fourth-order valence-electron chi connectivity index (χ4n) is 3.87. The molecule has 0 amide bonds. The molecule has 0 aliphatic rings. The molecule has 2 aromatic carbocycles. The number of hydrogen-bond donors (Lipinski definition) is 2. The maximum absolute atomic E-state index is 11.3. The monoisotopic (exact) mass is 431 g/mol. The van der Waals surface area contributed by atoms with Gasteiger partial charge in [-0.2, -0.15) is 5.10 Å². The van der Waals surface area contributed by atoms with E-state index in [0.29, 0.717) is 18.8 Å². The van der Waals surface area contributed by atoms with Crippen LogP contribution in [0.5, 0.6) is 0 Å². The third kappa shape index (κ3) is 4.56. The average molecular weight is 432 g/mol. The van der Waals surface area contributed by atoms with E-state index in [9.17, 15) is 9.90 Å². The summed E-state index contributed by atoms with van der Waals surface area (Å²) in [4.78, 5) is 15.7. The first-order chi connectivity index (χ1) is 15.6. The molecule has 2 unspecified atom stereocenters. The molecule has 9 heteroatoms. The van der Waals surface area contributed by atoms with Gasteiger partial charge in [0.2, 0.25) is 0 Å². The molecular formula is C23H25N7O2. The SMILES string of the molecule is CCC(CC(C)C(=O)O)c1ncnn1Cc1ccc(-c2ccccc2-c2nnn[nH]2)cc1. The number of aliphatic carboxylic acids is 1. The van der Waals surface area contributed by atoms with Crippen LogP contribution in [-0.4, -0.2) is 46.5 Å². The summed E-state index contributed by atoms with van der Waals surface area (Å²) in [6.07, 6.45) is 2.89. The van der Waals surface area contributed by atoms with Crippen LogP contribution in [0.2, 0.25) is 0 Å². The molecule has 0 saturated carbocycles. The lowest BCUT2D eigenvalue weighted by Crippen LogP contribution is -2.17. The fraction of sp³-hybridized carbons (Fsp3) is 0.304. The van der Waals surface area contributed by atoms with Gasteiger partial charge in [0, 0.05) is 11.5 Å². The zero-order valence-corrected chi connectivity index (χ0v) is 18.0. The molecule has 2 atom stereocenters. The Kier molecular flexibility index (Phi) is 6.34. The van der Waals surface area contributed by atoms with E-state index in [1.165, 1.54) is 0 Å². The quantitative estimate of drug-likeness (QED) is 0.413. The Bertz CT molecular complexity index is 1170. The van der Waals surface area contributed by atoms with Crippen LogP contribution >= 0.6 is 0 Å². The molecule has 0 saturated heterocycles. The van der Waals surface area contributed by atoms with E-state index in [-0.39, 0.29) is 5.92 Å². The molecule has 4 rings (SSSR count). The third-order valence-corrected chi connectivity index (χ3v) is 5.69. The highest BCUT2D eigenvalue weighted by molar-refractivity contribution is 5.80. The largest absolute Gasteiger partial charge is 0.481 e. The number of aromatic nitrogens is 7. The standard InChI is InChI=1S/C23H25N7O2/c1-3-17(12-15(2)23(31)32)22-24-14-25-30(22)13-16-8-10-18(11-9-16)19-6-4-5-7-20(19)21-26-28-29-27-21/h4-11,14-15,17H,3,12-13H2,1-2H3,(H,31,32)(H,26,27,28,29). The lowest BCUT2D eigenvalue weighted by molar-refractivity contribution is -0.141. The summed E-state index contributed by atoms with van der Waals surface area (Å²) in [7, 11) is 0. The molecule has 0 aliphatic heterocycles. The number of rotatable bonds is 9. The van der Waals surface area contributed by atoms with E-state index in [1.54, 1.807) is 13.3 Å². The van der Waals surface area contributed by atoms with Gasteiger partial charge in [-0.3, -0.25) is 4.79 Å². The van der Waals surface area contributed by atoms with Gasteiger partial charge in [-0.25, -0.2) is 14.8 Å². The highest BCUT2D eigenvalue weighted by Crippen LogP contribution is 2.30. The molecule has 0 radical (unpaired) electrons. The predicted octanol–water partition coefficient (Wildman–Crippen LogP) is 3.78. The van der Waals surface area contributed by atoms with Gasteiger partial charge < -0.3 is 5.11 Å². The van der Waals surface area contributed by atoms with Crippen molar-refractivity contribution in [3.63, 3.8) is 0 Å². The molecule has 2 N–H and O–H groups in total. The molecule has 4 aromatic rings. The lowest BCUT2D eigenvalue weighted by Gasteiger charge is -2.18. The first-order valence-corrected chi connectivity index (χ1v) is 10.6. The number of carboxylic acid groups (broad SMARTS) is 1. The second-order valence-electron chi connectivity index (χ2n) is 7.85. The van der Waals surface area contributed by atoms with Crippen LogP contribution < -0.4 is 0 Å². The Balaban J connectivity index is 1.54. The van der Waals surface area contributed by atoms with Crippen LogP contribution in [0.25, 0.3) is 22.5 Å². The maximum atomic E-state index is 11.3. The Labute approximate surface area is 185 Å². The summed E-state index contributed by atoms with van der Waals surface area (Å²) < 4.78 is 1.87. The Morgan fingerprint density at radius 3 is 2.53 bits per heavy atom. The van der Waals surface area contributed by atoms with Crippen molar-refractivity contribution < 1.29 is 9.90 Å². The van der Waals surface area contributed by atoms with Crippen LogP contribution in [-0.2, 0) is 11.3 Å². The van der Waals surface area contributed by atoms with Gasteiger partial charge in [0.05, 0.1) is 12.5 Å². The van der Waals surface area contributed by atoms with Crippen molar-refractivity contribution in [3.8, 4) is 22.5 Å². The summed E-state index contributed by atoms with van der Waals surface area (Å²) >= 11 is 0. The number of carbonyl (C=O) groups is 1. The number of benzene rings is 2. The molecule has 164 valence electrons. The Morgan fingerprint density at radius 1 is 1.12 bits per heavy atom. The molecule has 0 fully saturated rings. The second-order valence-corrected chi connectivity index (χ2v) is 7.85. The molecule has 2 heterocycles. The number of hydrogen-bond acceptors (Lipinski definition) is 6. The zero-order chi connectivity index (χ0) is 22.5. The van der Waals surface area contributed by atoms with Gasteiger partial charge in [-0.05, 0) is 40.0 Å². The molecule has 0 bridgehead atoms. The maximum Gasteiger partial charge on any atom is 0.306 e. The number of nitrogens with zero attached hydrogens (tertiary/aromatic N) is 6. The van der Waals surface area contributed by atoms with Gasteiger partial charge in [0.15, 0.2) is 5.82 Å². The lowest BCUT2D eigenvalue weighted by atomic mass is 9.93. The van der Waals surface area contributed by atoms with Gasteiger partial charge in [-0.15, -0.1) is 5.10 Å². The fourth-order valence-corrected chi connectivity index (χ4v) is 3.87.